The third-order valence-corrected chi connectivity index (χ3v) is 5.24. The Kier molecular flexibility index (Phi) is 6.11. The summed E-state index contributed by atoms with van der Waals surface area (Å²) in [6.07, 6.45) is 3.14. The molecule has 1 unspecified atom stereocenters. The Labute approximate surface area is 160 Å². The molecular formula is C22H27NO4. The molecule has 0 amide bonds. The molecule has 5 heteroatoms. The van der Waals surface area contributed by atoms with E-state index in [9.17, 15) is 9.59 Å². The van der Waals surface area contributed by atoms with Gasteiger partial charge in [0, 0.05) is 36.4 Å². The number of carbonyl (C=O) groups is 2. The Morgan fingerprint density at radius 3 is 2.59 bits per heavy atom. The highest BCUT2D eigenvalue weighted by atomic mass is 16.6. The molecule has 0 aromatic heterocycles. The van der Waals surface area contributed by atoms with E-state index in [1.165, 1.54) is 5.56 Å². The van der Waals surface area contributed by atoms with Gasteiger partial charge in [0.2, 0.25) is 0 Å². The first kappa shape index (κ1) is 19.4. The molecule has 0 radical (unpaired) electrons. The molecule has 3 rings (SSSR count). The highest BCUT2D eigenvalue weighted by Crippen LogP contribution is 2.42. The molecule has 0 bridgehead atoms. The van der Waals surface area contributed by atoms with Crippen molar-refractivity contribution in [1.82, 2.24) is 5.32 Å². The van der Waals surface area contributed by atoms with Gasteiger partial charge in [0.05, 0.1) is 12.2 Å². The summed E-state index contributed by atoms with van der Waals surface area (Å²) >= 11 is 0. The van der Waals surface area contributed by atoms with Gasteiger partial charge in [-0.05, 0) is 37.3 Å². The number of allylic oxidation sites excluding steroid dienone is 3. The summed E-state index contributed by atoms with van der Waals surface area (Å²) in [5, 5.41) is 3.30. The van der Waals surface area contributed by atoms with Crippen molar-refractivity contribution in [2.45, 2.75) is 45.4 Å². The van der Waals surface area contributed by atoms with E-state index in [-0.39, 0.29) is 18.3 Å². The van der Waals surface area contributed by atoms with Crippen LogP contribution in [0, 0.1) is 0 Å². The topological polar surface area (TPSA) is 64.6 Å². The van der Waals surface area contributed by atoms with Crippen LogP contribution in [-0.2, 0) is 25.5 Å². The van der Waals surface area contributed by atoms with Gasteiger partial charge in [0.1, 0.15) is 6.61 Å². The van der Waals surface area contributed by atoms with Gasteiger partial charge in [-0.2, -0.15) is 0 Å². The molecule has 1 aliphatic heterocycles. The molecule has 1 aromatic carbocycles. The molecule has 27 heavy (non-hydrogen) atoms. The second-order valence-electron chi connectivity index (χ2n) is 6.99. The van der Waals surface area contributed by atoms with E-state index in [2.05, 4.69) is 24.4 Å². The van der Waals surface area contributed by atoms with Crippen LogP contribution in [-0.4, -0.2) is 32.1 Å². The van der Waals surface area contributed by atoms with Gasteiger partial charge in [-0.3, -0.25) is 4.79 Å². The number of nitrogens with one attached hydrogen (secondary N) is 1. The van der Waals surface area contributed by atoms with Crippen LogP contribution < -0.4 is 5.32 Å². The van der Waals surface area contributed by atoms with Crippen molar-refractivity contribution in [3.8, 4) is 0 Å². The van der Waals surface area contributed by atoms with Gasteiger partial charge in [-0.15, -0.1) is 0 Å². The quantitative estimate of drug-likeness (QED) is 0.615. The van der Waals surface area contributed by atoms with Crippen molar-refractivity contribution in [1.29, 1.82) is 0 Å². The molecule has 1 atom stereocenters. The zero-order valence-corrected chi connectivity index (χ0v) is 16.3. The Balaban J connectivity index is 2.03. The minimum absolute atomic E-state index is 0.114. The van der Waals surface area contributed by atoms with Crippen molar-refractivity contribution in [2.75, 3.05) is 20.3 Å². The summed E-state index contributed by atoms with van der Waals surface area (Å²) in [4.78, 5) is 25.6. The van der Waals surface area contributed by atoms with E-state index >= 15 is 0 Å². The number of carbonyl (C=O) groups excluding carboxylic acids is 2. The summed E-state index contributed by atoms with van der Waals surface area (Å²) in [7, 11) is 1.57. The average molecular weight is 369 g/mol. The molecule has 5 nitrogen and oxygen atoms in total. The lowest BCUT2D eigenvalue weighted by atomic mass is 9.75. The Bertz CT molecular complexity index is 789. The summed E-state index contributed by atoms with van der Waals surface area (Å²) in [5.74, 6) is -0.662. The van der Waals surface area contributed by atoms with Crippen LogP contribution >= 0.6 is 0 Å². The molecule has 0 saturated carbocycles. The molecule has 0 spiro atoms. The Morgan fingerprint density at radius 2 is 1.93 bits per heavy atom. The van der Waals surface area contributed by atoms with Crippen molar-refractivity contribution in [3.05, 3.63) is 57.9 Å². The first-order chi connectivity index (χ1) is 13.1. The normalized spacial score (nSPS) is 19.7. The molecule has 1 N–H and O–H groups in total. The number of rotatable bonds is 6. The minimum atomic E-state index is -0.397. The van der Waals surface area contributed by atoms with Crippen LogP contribution in [0.2, 0.25) is 0 Å². The van der Waals surface area contributed by atoms with Gasteiger partial charge in [-0.1, -0.05) is 31.2 Å². The van der Waals surface area contributed by atoms with Crippen LogP contribution in [0.4, 0.5) is 0 Å². The smallest absolute Gasteiger partial charge is 0.336 e. The number of hydrogen-bond donors (Lipinski definition) is 1. The number of ether oxygens (including phenoxy) is 2. The molecular weight excluding hydrogens is 342 g/mol. The predicted octanol–water partition coefficient (Wildman–Crippen LogP) is 3.41. The van der Waals surface area contributed by atoms with Crippen molar-refractivity contribution in [3.63, 3.8) is 0 Å². The van der Waals surface area contributed by atoms with Crippen LogP contribution in [0.15, 0.2) is 46.8 Å². The Hall–Kier alpha value is -2.40. The largest absolute Gasteiger partial charge is 0.460 e. The number of Topliss-reactive ketones (excluding diaryl/α,β-unsaturated/α-hetero) is 1. The van der Waals surface area contributed by atoms with Crippen molar-refractivity contribution >= 4 is 11.8 Å². The van der Waals surface area contributed by atoms with Gasteiger partial charge in [-0.25, -0.2) is 4.79 Å². The maximum absolute atomic E-state index is 12.9. The first-order valence-electron chi connectivity index (χ1n) is 9.55. The fraction of sp³-hybridized carbons (Fsp3) is 0.455. The fourth-order valence-corrected chi connectivity index (χ4v) is 3.83. The van der Waals surface area contributed by atoms with E-state index in [0.29, 0.717) is 18.6 Å². The van der Waals surface area contributed by atoms with Gasteiger partial charge >= 0.3 is 5.97 Å². The number of hydrogen-bond acceptors (Lipinski definition) is 5. The third kappa shape index (κ3) is 3.98. The van der Waals surface area contributed by atoms with Crippen LogP contribution in [0.25, 0.3) is 0 Å². The average Bonchev–Trinajstić information content (AvgIpc) is 2.67. The first-order valence-corrected chi connectivity index (χ1v) is 9.55. The number of ketones is 1. The Morgan fingerprint density at radius 1 is 1.19 bits per heavy atom. The van der Waals surface area contributed by atoms with Gasteiger partial charge in [0.25, 0.3) is 0 Å². The molecule has 2 aliphatic rings. The van der Waals surface area contributed by atoms with Crippen molar-refractivity contribution < 1.29 is 19.1 Å². The molecule has 1 aliphatic carbocycles. The lowest BCUT2D eigenvalue weighted by Crippen LogP contribution is -2.34. The van der Waals surface area contributed by atoms with Gasteiger partial charge < -0.3 is 14.8 Å². The highest BCUT2D eigenvalue weighted by molar-refractivity contribution is 6.03. The molecule has 1 aromatic rings. The standard InChI is InChI=1S/C22H27NO4/c1-4-15-8-10-16(11-9-15)20-19(22(25)27-13-12-26-3)14(2)23-17-6-5-7-18(24)21(17)20/h8-11,20,23H,4-7,12-13H2,1-3H3. The second kappa shape index (κ2) is 8.53. The van der Waals surface area contributed by atoms with E-state index in [4.69, 9.17) is 9.47 Å². The lowest BCUT2D eigenvalue weighted by Gasteiger charge is -2.34. The summed E-state index contributed by atoms with van der Waals surface area (Å²) in [6.45, 7) is 4.51. The number of dihydropyridines is 1. The number of esters is 1. The monoisotopic (exact) mass is 369 g/mol. The number of methoxy groups -OCH3 is 1. The SMILES string of the molecule is CCc1ccc(C2C(C(=O)OCCOC)=C(C)NC3=C2C(=O)CCC3)cc1. The number of aryl methyl sites for hydroxylation is 1. The van der Waals surface area contributed by atoms with Crippen LogP contribution in [0.5, 0.6) is 0 Å². The predicted molar refractivity (Wildman–Crippen MR) is 103 cm³/mol. The third-order valence-electron chi connectivity index (χ3n) is 5.24. The maximum Gasteiger partial charge on any atom is 0.336 e. The summed E-state index contributed by atoms with van der Waals surface area (Å²) in [5.41, 5.74) is 5.12. The zero-order chi connectivity index (χ0) is 19.4. The van der Waals surface area contributed by atoms with E-state index < -0.39 is 5.97 Å². The lowest BCUT2D eigenvalue weighted by molar-refractivity contribution is -0.140. The molecule has 1 heterocycles. The van der Waals surface area contributed by atoms with Crippen molar-refractivity contribution in [2.24, 2.45) is 0 Å². The summed E-state index contributed by atoms with van der Waals surface area (Å²) < 4.78 is 10.4. The maximum atomic E-state index is 12.9. The van der Waals surface area contributed by atoms with Crippen LogP contribution in [0.1, 0.15) is 50.2 Å². The van der Waals surface area contributed by atoms with E-state index in [0.717, 1.165) is 41.8 Å². The molecule has 0 fully saturated rings. The fourth-order valence-electron chi connectivity index (χ4n) is 3.83. The van der Waals surface area contributed by atoms with E-state index in [1.54, 1.807) is 7.11 Å². The highest BCUT2D eigenvalue weighted by Gasteiger charge is 2.38. The minimum Gasteiger partial charge on any atom is -0.460 e. The molecule has 0 saturated heterocycles. The zero-order valence-electron chi connectivity index (χ0n) is 16.3. The summed E-state index contributed by atoms with van der Waals surface area (Å²) in [6, 6.07) is 8.18. The number of benzene rings is 1. The van der Waals surface area contributed by atoms with Crippen LogP contribution in [0.3, 0.4) is 0 Å². The van der Waals surface area contributed by atoms with E-state index in [1.807, 2.05) is 19.1 Å². The second-order valence-corrected chi connectivity index (χ2v) is 6.99. The van der Waals surface area contributed by atoms with Gasteiger partial charge in [0.15, 0.2) is 5.78 Å². The molecule has 144 valence electrons.